The molecule has 2 aromatic rings. The lowest BCUT2D eigenvalue weighted by Gasteiger charge is -2.22. The van der Waals surface area contributed by atoms with E-state index in [4.69, 9.17) is 4.52 Å². The smallest absolute Gasteiger partial charge is 0.330 e. The normalized spacial score (nSPS) is 19.4. The highest BCUT2D eigenvalue weighted by molar-refractivity contribution is 5.77. The molecule has 0 N–H and O–H groups in total. The number of amides is 1. The molecule has 6 nitrogen and oxygen atoms in total. The highest BCUT2D eigenvalue weighted by atomic mass is 16.5. The molecule has 1 amide bonds. The number of hydrogen-bond acceptors (Lipinski definition) is 4. The minimum Gasteiger partial charge on any atom is -0.359 e. The number of rotatable bonds is 1. The molecule has 0 aliphatic carbocycles. The average Bonchev–Trinajstić information content (AvgIpc) is 3.09. The van der Waals surface area contributed by atoms with Gasteiger partial charge in [0.2, 0.25) is 0 Å². The van der Waals surface area contributed by atoms with E-state index < -0.39 is 0 Å². The van der Waals surface area contributed by atoms with Gasteiger partial charge < -0.3 is 9.42 Å². The third-order valence-corrected chi connectivity index (χ3v) is 3.20. The molecule has 2 aromatic heterocycles. The molecule has 0 radical (unpaired) electrons. The van der Waals surface area contributed by atoms with Crippen LogP contribution in [0.5, 0.6) is 0 Å². The Morgan fingerprint density at radius 3 is 3.11 bits per heavy atom. The minimum atomic E-state index is -0.0657. The second-order valence-electron chi connectivity index (χ2n) is 4.47. The van der Waals surface area contributed by atoms with E-state index in [0.717, 1.165) is 30.8 Å². The summed E-state index contributed by atoms with van der Waals surface area (Å²) in [5.74, 6) is 0.762. The Morgan fingerprint density at radius 2 is 2.44 bits per heavy atom. The topological polar surface area (TPSA) is 64.2 Å². The molecule has 1 saturated heterocycles. The number of likely N-dealkylation sites (tertiary alicyclic amines) is 1. The Hall–Kier alpha value is -2.11. The van der Waals surface area contributed by atoms with E-state index in [9.17, 15) is 4.79 Å². The van der Waals surface area contributed by atoms with Crippen LogP contribution in [0.3, 0.4) is 0 Å². The fourth-order valence-corrected chi connectivity index (χ4v) is 2.35. The van der Waals surface area contributed by atoms with Crippen LogP contribution in [0.25, 0.3) is 0 Å². The number of imidazole rings is 1. The molecular weight excluding hydrogens is 232 g/mol. The maximum absolute atomic E-state index is 12.3. The largest absolute Gasteiger partial charge is 0.359 e. The molecule has 1 aliphatic rings. The van der Waals surface area contributed by atoms with Crippen molar-refractivity contribution in [1.29, 1.82) is 0 Å². The highest BCUT2D eigenvalue weighted by Crippen LogP contribution is 2.32. The van der Waals surface area contributed by atoms with Crippen LogP contribution in [0.1, 0.15) is 30.3 Å². The molecule has 3 heterocycles. The third-order valence-electron chi connectivity index (χ3n) is 3.20. The van der Waals surface area contributed by atoms with Crippen molar-refractivity contribution < 1.29 is 9.32 Å². The van der Waals surface area contributed by atoms with E-state index >= 15 is 0 Å². The number of aromatic nitrogens is 3. The fraction of sp³-hybridized carbons (Fsp3) is 0.417. The van der Waals surface area contributed by atoms with Crippen molar-refractivity contribution in [2.45, 2.75) is 25.8 Å². The van der Waals surface area contributed by atoms with E-state index in [2.05, 4.69) is 10.1 Å². The van der Waals surface area contributed by atoms with Gasteiger partial charge in [0.1, 0.15) is 6.33 Å². The minimum absolute atomic E-state index is 0.0129. The Bertz CT molecular complexity index is 546. The second kappa shape index (κ2) is 4.29. The molecule has 1 atom stereocenters. The summed E-state index contributed by atoms with van der Waals surface area (Å²) < 4.78 is 6.76. The van der Waals surface area contributed by atoms with Gasteiger partial charge in [-0.15, -0.1) is 0 Å². The van der Waals surface area contributed by atoms with Gasteiger partial charge in [0, 0.05) is 25.0 Å². The van der Waals surface area contributed by atoms with Crippen molar-refractivity contribution >= 4 is 6.03 Å². The van der Waals surface area contributed by atoms with E-state index in [1.54, 1.807) is 12.4 Å². The number of hydrogen-bond donors (Lipinski definition) is 0. The third kappa shape index (κ3) is 1.79. The van der Waals surface area contributed by atoms with Crippen LogP contribution in [-0.4, -0.2) is 32.2 Å². The van der Waals surface area contributed by atoms with E-state index in [-0.39, 0.29) is 12.1 Å². The predicted molar refractivity (Wildman–Crippen MR) is 62.9 cm³/mol. The zero-order chi connectivity index (χ0) is 12.5. The molecule has 1 fully saturated rings. The molecule has 18 heavy (non-hydrogen) atoms. The Labute approximate surface area is 104 Å². The van der Waals surface area contributed by atoms with Crippen LogP contribution in [0.15, 0.2) is 29.3 Å². The van der Waals surface area contributed by atoms with Crippen molar-refractivity contribution in [3.63, 3.8) is 0 Å². The summed E-state index contributed by atoms with van der Waals surface area (Å²) in [6.07, 6.45) is 6.66. The number of carbonyl (C=O) groups excluding carboxylic acids is 1. The standard InChI is InChI=1S/C12H14N4O2/c1-9-7-11(18-14-9)10-3-2-5-16(10)12(17)15-6-4-13-8-15/h4,6-8,10H,2-3,5H2,1H3. The van der Waals surface area contributed by atoms with Crippen molar-refractivity contribution in [3.8, 4) is 0 Å². The molecule has 0 bridgehead atoms. The van der Waals surface area contributed by atoms with Crippen molar-refractivity contribution in [2.75, 3.05) is 6.54 Å². The molecule has 3 rings (SSSR count). The molecule has 1 aliphatic heterocycles. The maximum Gasteiger partial charge on any atom is 0.330 e. The van der Waals surface area contributed by atoms with Crippen molar-refractivity contribution in [3.05, 3.63) is 36.2 Å². The van der Waals surface area contributed by atoms with Gasteiger partial charge in [-0.1, -0.05) is 5.16 Å². The van der Waals surface area contributed by atoms with Gasteiger partial charge in [0.05, 0.1) is 11.7 Å². The monoisotopic (exact) mass is 246 g/mol. The fourth-order valence-electron chi connectivity index (χ4n) is 2.35. The first-order valence-electron chi connectivity index (χ1n) is 5.98. The molecule has 94 valence electrons. The Balaban J connectivity index is 1.85. The van der Waals surface area contributed by atoms with E-state index in [1.165, 1.54) is 10.9 Å². The van der Waals surface area contributed by atoms with Gasteiger partial charge >= 0.3 is 6.03 Å². The number of carbonyl (C=O) groups is 1. The van der Waals surface area contributed by atoms with Gasteiger partial charge in [-0.3, -0.25) is 4.57 Å². The second-order valence-corrected chi connectivity index (χ2v) is 4.47. The lowest BCUT2D eigenvalue weighted by molar-refractivity contribution is 0.184. The summed E-state index contributed by atoms with van der Waals surface area (Å²) in [6.45, 7) is 2.62. The summed E-state index contributed by atoms with van der Waals surface area (Å²) in [4.78, 5) is 18.0. The molecule has 1 unspecified atom stereocenters. The number of nitrogens with zero attached hydrogens (tertiary/aromatic N) is 4. The molecule has 0 spiro atoms. The van der Waals surface area contributed by atoms with Gasteiger partial charge in [0.25, 0.3) is 0 Å². The van der Waals surface area contributed by atoms with Gasteiger partial charge in [0.15, 0.2) is 5.76 Å². The summed E-state index contributed by atoms with van der Waals surface area (Å²) in [5, 5.41) is 3.89. The van der Waals surface area contributed by atoms with Crippen molar-refractivity contribution in [2.24, 2.45) is 0 Å². The molecule has 0 saturated carbocycles. The summed E-state index contributed by atoms with van der Waals surface area (Å²) in [6, 6.07) is 1.81. The van der Waals surface area contributed by atoms with Crippen molar-refractivity contribution in [1.82, 2.24) is 19.6 Å². The van der Waals surface area contributed by atoms with Crippen LogP contribution < -0.4 is 0 Å². The Kier molecular flexibility index (Phi) is 2.62. The van der Waals surface area contributed by atoms with Crippen LogP contribution in [0.4, 0.5) is 4.79 Å². The predicted octanol–water partition coefficient (Wildman–Crippen LogP) is 1.98. The molecule has 6 heteroatoms. The Morgan fingerprint density at radius 1 is 1.56 bits per heavy atom. The maximum atomic E-state index is 12.3. The first-order valence-corrected chi connectivity index (χ1v) is 5.98. The van der Waals surface area contributed by atoms with E-state index in [0.29, 0.717) is 0 Å². The first-order chi connectivity index (χ1) is 8.75. The number of aryl methyl sites for hydroxylation is 1. The summed E-state index contributed by atoms with van der Waals surface area (Å²) in [7, 11) is 0. The zero-order valence-electron chi connectivity index (χ0n) is 10.1. The van der Waals surface area contributed by atoms with Crippen LogP contribution >= 0.6 is 0 Å². The lowest BCUT2D eigenvalue weighted by Crippen LogP contribution is -2.33. The first kappa shape index (κ1) is 11.0. The summed E-state index contributed by atoms with van der Waals surface area (Å²) in [5.41, 5.74) is 0.840. The van der Waals surface area contributed by atoms with Gasteiger partial charge in [-0.05, 0) is 19.8 Å². The van der Waals surface area contributed by atoms with Crippen LogP contribution in [0.2, 0.25) is 0 Å². The zero-order valence-corrected chi connectivity index (χ0v) is 10.1. The molecular formula is C12H14N4O2. The van der Waals surface area contributed by atoms with Crippen LogP contribution in [0, 0.1) is 6.92 Å². The van der Waals surface area contributed by atoms with Gasteiger partial charge in [-0.2, -0.15) is 0 Å². The molecule has 0 aromatic carbocycles. The van der Waals surface area contributed by atoms with E-state index in [1.807, 2.05) is 17.9 Å². The highest BCUT2D eigenvalue weighted by Gasteiger charge is 2.33. The lowest BCUT2D eigenvalue weighted by atomic mass is 10.1. The summed E-state index contributed by atoms with van der Waals surface area (Å²) >= 11 is 0. The average molecular weight is 246 g/mol. The quantitative estimate of drug-likeness (QED) is 0.771. The van der Waals surface area contributed by atoms with Gasteiger partial charge in [-0.25, -0.2) is 9.78 Å². The van der Waals surface area contributed by atoms with Crippen LogP contribution in [-0.2, 0) is 0 Å². The SMILES string of the molecule is Cc1cc(C2CCCN2C(=O)n2ccnc2)on1.